The molecule has 34 heavy (non-hydrogen) atoms. The summed E-state index contributed by atoms with van der Waals surface area (Å²) >= 11 is 6.64. The fourth-order valence-electron chi connectivity index (χ4n) is 3.82. The van der Waals surface area contributed by atoms with E-state index < -0.39 is 15.6 Å². The molecule has 2 aromatic heterocycles. The van der Waals surface area contributed by atoms with Crippen molar-refractivity contribution in [2.24, 2.45) is 17.6 Å². The molecule has 1 saturated carbocycles. The van der Waals surface area contributed by atoms with Crippen LogP contribution in [0.15, 0.2) is 47.0 Å². The number of nitrogens with zero attached hydrogens (tertiary/aromatic N) is 3. The minimum absolute atomic E-state index is 0.104. The molecule has 3 aromatic rings. The first-order chi connectivity index (χ1) is 16.0. The molecule has 1 fully saturated rings. The zero-order valence-electron chi connectivity index (χ0n) is 19.7. The van der Waals surface area contributed by atoms with E-state index in [1.807, 2.05) is 37.3 Å². The van der Waals surface area contributed by atoms with E-state index in [9.17, 15) is 8.42 Å². The van der Waals surface area contributed by atoms with Gasteiger partial charge in [0.25, 0.3) is 0 Å². The molecule has 0 saturated heterocycles. The number of anilines is 2. The van der Waals surface area contributed by atoms with Crippen molar-refractivity contribution in [2.45, 2.75) is 32.2 Å². The molecule has 0 amide bonds. The minimum Gasteiger partial charge on any atom is -0.439 e. The molecular formula is C24H30ClN5O3S. The second-order valence-corrected chi connectivity index (χ2v) is 11.8. The fourth-order valence-corrected chi connectivity index (χ4v) is 4.62. The number of hydrogen-bond acceptors (Lipinski definition) is 7. The van der Waals surface area contributed by atoms with E-state index in [2.05, 4.69) is 22.2 Å². The van der Waals surface area contributed by atoms with Gasteiger partial charge in [-0.25, -0.2) is 18.4 Å². The Kier molecular flexibility index (Phi) is 6.63. The predicted octanol–water partition coefficient (Wildman–Crippen LogP) is 4.27. The predicted molar refractivity (Wildman–Crippen MR) is 135 cm³/mol. The van der Waals surface area contributed by atoms with Gasteiger partial charge in [-0.2, -0.15) is 0 Å². The Balaban J connectivity index is 1.69. The topological polar surface area (TPSA) is 114 Å². The number of rotatable bonds is 9. The van der Waals surface area contributed by atoms with E-state index in [1.54, 1.807) is 12.3 Å². The van der Waals surface area contributed by atoms with Crippen LogP contribution < -0.4 is 15.4 Å². The lowest BCUT2D eigenvalue weighted by atomic mass is 9.92. The van der Waals surface area contributed by atoms with E-state index in [0.717, 1.165) is 29.1 Å². The number of sulfonamides is 1. The zero-order chi connectivity index (χ0) is 24.7. The van der Waals surface area contributed by atoms with Gasteiger partial charge in [-0.15, -0.1) is 0 Å². The Hall–Kier alpha value is -2.62. The second kappa shape index (κ2) is 9.20. The highest BCUT2D eigenvalue weighted by molar-refractivity contribution is 7.92. The Labute approximate surface area is 205 Å². The molecule has 10 heteroatoms. The summed E-state index contributed by atoms with van der Waals surface area (Å²) in [4.78, 5) is 8.89. The van der Waals surface area contributed by atoms with E-state index >= 15 is 0 Å². The van der Waals surface area contributed by atoms with Crippen LogP contribution in [-0.4, -0.2) is 38.2 Å². The minimum atomic E-state index is -3.59. The van der Waals surface area contributed by atoms with E-state index in [4.69, 9.17) is 21.8 Å². The van der Waals surface area contributed by atoms with Gasteiger partial charge in [-0.3, -0.25) is 4.31 Å². The van der Waals surface area contributed by atoms with Gasteiger partial charge in [0.1, 0.15) is 11.6 Å². The summed E-state index contributed by atoms with van der Waals surface area (Å²) in [6.45, 7) is 4.82. The SMILES string of the molecule is CC1CC1CNc1cc(-c2ncc([C@@](C)(N)Cc3ccccc3)o2)c(Cl)c(N(C)S(C)(=O)=O)n1. The summed E-state index contributed by atoms with van der Waals surface area (Å²) in [5.74, 6) is 2.59. The largest absolute Gasteiger partial charge is 0.439 e. The molecule has 0 bridgehead atoms. The van der Waals surface area contributed by atoms with Crippen LogP contribution in [0.3, 0.4) is 0 Å². The zero-order valence-corrected chi connectivity index (χ0v) is 21.3. The molecule has 1 aliphatic carbocycles. The quantitative estimate of drug-likeness (QED) is 0.448. The molecule has 182 valence electrons. The summed E-state index contributed by atoms with van der Waals surface area (Å²) in [5, 5.41) is 3.44. The normalized spacial score (nSPS) is 19.5. The molecule has 1 aliphatic rings. The molecule has 1 aromatic carbocycles. The number of aromatic nitrogens is 2. The van der Waals surface area contributed by atoms with Crippen molar-refractivity contribution in [1.29, 1.82) is 0 Å². The third kappa shape index (κ3) is 5.37. The Bertz CT molecular complexity index is 1280. The van der Waals surface area contributed by atoms with Gasteiger partial charge in [0.15, 0.2) is 5.82 Å². The van der Waals surface area contributed by atoms with Crippen molar-refractivity contribution < 1.29 is 12.8 Å². The number of oxazole rings is 1. The summed E-state index contributed by atoms with van der Waals surface area (Å²) < 4.78 is 31.6. The third-order valence-electron chi connectivity index (χ3n) is 6.27. The number of pyridine rings is 1. The van der Waals surface area contributed by atoms with Crippen LogP contribution in [0.2, 0.25) is 5.02 Å². The number of nitrogens with one attached hydrogen (secondary N) is 1. The molecule has 0 aliphatic heterocycles. The van der Waals surface area contributed by atoms with Crippen LogP contribution in [0.25, 0.3) is 11.5 Å². The summed E-state index contributed by atoms with van der Waals surface area (Å²) in [6.07, 6.45) is 4.40. The lowest BCUT2D eigenvalue weighted by Crippen LogP contribution is -2.35. The number of halogens is 1. The maximum Gasteiger partial charge on any atom is 0.233 e. The number of nitrogens with two attached hydrogens (primary N) is 1. The Morgan fingerprint density at radius 1 is 1.32 bits per heavy atom. The molecule has 4 rings (SSSR count). The Morgan fingerprint density at radius 3 is 2.62 bits per heavy atom. The van der Waals surface area contributed by atoms with Crippen LogP contribution in [0.1, 0.15) is 31.6 Å². The van der Waals surface area contributed by atoms with E-state index in [0.29, 0.717) is 35.4 Å². The second-order valence-electron chi connectivity index (χ2n) is 9.39. The van der Waals surface area contributed by atoms with Gasteiger partial charge in [0.05, 0.1) is 28.6 Å². The van der Waals surface area contributed by atoms with Crippen molar-refractivity contribution >= 4 is 33.3 Å². The van der Waals surface area contributed by atoms with Crippen molar-refractivity contribution in [2.75, 3.05) is 29.5 Å². The molecule has 0 radical (unpaired) electrons. The van der Waals surface area contributed by atoms with Gasteiger partial charge >= 0.3 is 0 Å². The maximum absolute atomic E-state index is 12.2. The molecule has 8 nitrogen and oxygen atoms in total. The highest BCUT2D eigenvalue weighted by Crippen LogP contribution is 2.40. The molecule has 3 N–H and O–H groups in total. The van der Waals surface area contributed by atoms with Crippen LogP contribution in [0.5, 0.6) is 0 Å². The average Bonchev–Trinajstić information content (AvgIpc) is 3.25. The molecule has 3 atom stereocenters. The molecule has 2 unspecified atom stereocenters. The van der Waals surface area contributed by atoms with Crippen molar-refractivity contribution in [3.8, 4) is 11.5 Å². The smallest absolute Gasteiger partial charge is 0.233 e. The van der Waals surface area contributed by atoms with Crippen LogP contribution in [-0.2, 0) is 22.0 Å². The first kappa shape index (κ1) is 24.5. The van der Waals surface area contributed by atoms with Gasteiger partial charge in [-0.05, 0) is 43.2 Å². The van der Waals surface area contributed by atoms with Gasteiger partial charge in [-0.1, -0.05) is 48.9 Å². The standard InChI is InChI=1S/C24H30ClN5O3S/c1-15-10-17(15)13-27-20-11-18(21(25)22(29-20)30(3)34(4,31)32)23-28-14-19(33-23)24(2,26)12-16-8-6-5-7-9-16/h5-9,11,14-15,17H,10,12-13,26H2,1-4H3,(H,27,29)/t15?,17?,24-/m0/s1. The van der Waals surface area contributed by atoms with Gasteiger partial charge in [0.2, 0.25) is 15.9 Å². The summed E-state index contributed by atoms with van der Waals surface area (Å²) in [7, 11) is -2.17. The average molecular weight is 504 g/mol. The first-order valence-electron chi connectivity index (χ1n) is 11.1. The van der Waals surface area contributed by atoms with E-state index in [1.165, 1.54) is 7.05 Å². The monoisotopic (exact) mass is 503 g/mol. The van der Waals surface area contributed by atoms with Crippen molar-refractivity contribution in [3.05, 3.63) is 58.9 Å². The molecular weight excluding hydrogens is 474 g/mol. The van der Waals surface area contributed by atoms with Crippen LogP contribution >= 0.6 is 11.6 Å². The third-order valence-corrected chi connectivity index (χ3v) is 7.81. The van der Waals surface area contributed by atoms with Crippen LogP contribution in [0.4, 0.5) is 11.6 Å². The summed E-state index contributed by atoms with van der Waals surface area (Å²) in [6, 6.07) is 11.6. The van der Waals surface area contributed by atoms with Gasteiger partial charge < -0.3 is 15.5 Å². The molecule has 0 spiro atoms. The van der Waals surface area contributed by atoms with Gasteiger partial charge in [0, 0.05) is 13.6 Å². The highest BCUT2D eigenvalue weighted by atomic mass is 35.5. The lowest BCUT2D eigenvalue weighted by Gasteiger charge is -2.22. The molecule has 2 heterocycles. The first-order valence-corrected chi connectivity index (χ1v) is 13.4. The fraction of sp³-hybridized carbons (Fsp3) is 0.417. The summed E-state index contributed by atoms with van der Waals surface area (Å²) in [5.41, 5.74) is 7.30. The maximum atomic E-state index is 12.2. The highest BCUT2D eigenvalue weighted by Gasteiger charge is 2.33. The Morgan fingerprint density at radius 2 is 2.00 bits per heavy atom. The van der Waals surface area contributed by atoms with Crippen molar-refractivity contribution in [3.63, 3.8) is 0 Å². The van der Waals surface area contributed by atoms with Crippen LogP contribution in [0, 0.1) is 11.8 Å². The number of hydrogen-bond donors (Lipinski definition) is 2. The lowest BCUT2D eigenvalue weighted by molar-refractivity contribution is 0.371. The van der Waals surface area contributed by atoms with E-state index in [-0.39, 0.29) is 16.7 Å². The number of benzene rings is 1. The van der Waals surface area contributed by atoms with Crippen molar-refractivity contribution in [1.82, 2.24) is 9.97 Å².